The predicted molar refractivity (Wildman–Crippen MR) is 120 cm³/mol. The van der Waals surface area contributed by atoms with Crippen LogP contribution in [0.2, 0.25) is 0 Å². The van der Waals surface area contributed by atoms with Crippen LogP contribution in [0, 0.1) is 0 Å². The number of carbonyl (C=O) groups is 1. The number of hydrazone groups is 1. The molecule has 1 N–H and O–H groups in total. The second-order valence-corrected chi connectivity index (χ2v) is 7.71. The number of ether oxygens (including phenoxy) is 3. The number of nitrogens with zero attached hydrogens (tertiary/aromatic N) is 5. The Hall–Kier alpha value is -3.29. The molecule has 3 rings (SSSR count). The quantitative estimate of drug-likeness (QED) is 0.408. The molecule has 32 heavy (non-hydrogen) atoms. The lowest BCUT2D eigenvalue weighted by Gasteiger charge is -2.36. The van der Waals surface area contributed by atoms with Crippen LogP contribution in [0.3, 0.4) is 0 Å². The molecule has 0 radical (unpaired) electrons. The Balaban J connectivity index is 1.87. The third-order valence-electron chi connectivity index (χ3n) is 4.48. The van der Waals surface area contributed by atoms with Gasteiger partial charge in [-0.3, -0.25) is 10.1 Å². The molecule has 0 atom stereocenters. The number of nitrogens with one attached hydrogen (secondary N) is 1. The molecular weight excluding hydrogens is 440 g/mol. The number of fused-ring (bicyclic) bond motifs is 1. The summed E-state index contributed by atoms with van der Waals surface area (Å²) in [6.45, 7) is 10.5. The van der Waals surface area contributed by atoms with Crippen LogP contribution < -0.4 is 25.6 Å². The molecule has 1 amide bonds. The van der Waals surface area contributed by atoms with E-state index in [1.54, 1.807) is 21.1 Å². The number of rotatable bonds is 10. The van der Waals surface area contributed by atoms with Crippen LogP contribution in [0.4, 0.5) is 16.0 Å². The van der Waals surface area contributed by atoms with Crippen LogP contribution in [0.1, 0.15) is 17.5 Å². The average molecular weight is 465 g/mol. The number of hydrogen-bond donors (Lipinski definition) is 1. The topological polar surface area (TPSA) is 132 Å². The highest BCUT2D eigenvalue weighted by molar-refractivity contribution is 7.19. The van der Waals surface area contributed by atoms with Crippen molar-refractivity contribution in [2.24, 2.45) is 5.10 Å². The number of amides is 1. The first-order chi connectivity index (χ1) is 15.4. The van der Waals surface area contributed by atoms with E-state index in [-0.39, 0.29) is 29.3 Å². The zero-order valence-corrected chi connectivity index (χ0v) is 18.8. The highest BCUT2D eigenvalue weighted by atomic mass is 32.1. The number of carbonyl (C=O) groups excluding carboxylic acids is 1. The maximum atomic E-state index is 12.8. The van der Waals surface area contributed by atoms with Gasteiger partial charge in [0.2, 0.25) is 16.0 Å². The second-order valence-electron chi connectivity index (χ2n) is 6.75. The van der Waals surface area contributed by atoms with Gasteiger partial charge >= 0.3 is 5.63 Å². The van der Waals surface area contributed by atoms with Gasteiger partial charge in [-0.25, -0.2) is 9.80 Å². The smallest absolute Gasteiger partial charge is 0.381 e. The third-order valence-corrected chi connectivity index (χ3v) is 5.29. The van der Waals surface area contributed by atoms with Gasteiger partial charge in [0.25, 0.3) is 5.91 Å². The predicted octanol–water partition coefficient (Wildman–Crippen LogP) is 1.56. The van der Waals surface area contributed by atoms with Gasteiger partial charge in [0.15, 0.2) is 5.76 Å². The molecule has 1 aliphatic heterocycles. The fraction of sp³-hybridized carbons (Fsp3) is 0.421. The fourth-order valence-electron chi connectivity index (χ4n) is 3.14. The van der Waals surface area contributed by atoms with Crippen molar-refractivity contribution in [3.8, 4) is 5.75 Å². The first-order valence-electron chi connectivity index (χ1n) is 9.52. The van der Waals surface area contributed by atoms with E-state index in [4.69, 9.17) is 18.6 Å². The van der Waals surface area contributed by atoms with Gasteiger partial charge in [0, 0.05) is 32.7 Å². The number of anilines is 3. The van der Waals surface area contributed by atoms with E-state index in [9.17, 15) is 9.59 Å². The largest absolute Gasteiger partial charge is 0.483 e. The van der Waals surface area contributed by atoms with E-state index >= 15 is 0 Å². The first kappa shape index (κ1) is 23.4. The molecule has 2 aromatic rings. The van der Waals surface area contributed by atoms with Crippen LogP contribution in [0.5, 0.6) is 5.75 Å². The number of aromatic nitrogens is 2. The fourth-order valence-corrected chi connectivity index (χ4v) is 3.92. The van der Waals surface area contributed by atoms with Crippen molar-refractivity contribution >= 4 is 39.9 Å². The Bertz CT molecular complexity index is 1050. The van der Waals surface area contributed by atoms with Crippen LogP contribution >= 0.6 is 11.3 Å². The van der Waals surface area contributed by atoms with Gasteiger partial charge in [-0.2, -0.15) is 5.10 Å². The molecule has 172 valence electrons. The molecule has 0 fully saturated rings. The monoisotopic (exact) mass is 464 g/mol. The molecule has 0 bridgehead atoms. The molecule has 0 unspecified atom stereocenters. The van der Waals surface area contributed by atoms with Crippen LogP contribution in [0.25, 0.3) is 0 Å². The Morgan fingerprint density at radius 2 is 2.12 bits per heavy atom. The van der Waals surface area contributed by atoms with Gasteiger partial charge in [-0.15, -0.1) is 10.2 Å². The minimum atomic E-state index is -0.756. The Labute approximate surface area is 188 Å². The van der Waals surface area contributed by atoms with E-state index in [1.165, 1.54) is 11.1 Å². The van der Waals surface area contributed by atoms with Crippen molar-refractivity contribution in [2.45, 2.75) is 13.0 Å². The van der Waals surface area contributed by atoms with E-state index in [2.05, 4.69) is 33.9 Å². The standard InChI is InChI=1S/C19H24N6O6S/c1-11(2)25(20-3)19-23-22-18(32-19)21-16(26)14-8-13-15(17(27)31-14)30-7-6-24(13)12(9-28-4)10-29-5/h8,12H,1,3,6-7,9-10H2,2,4-5H3,(H,21,22,26). The van der Waals surface area contributed by atoms with Crippen molar-refractivity contribution in [3.63, 3.8) is 0 Å². The Kier molecular flexibility index (Phi) is 7.56. The van der Waals surface area contributed by atoms with Gasteiger partial charge < -0.3 is 23.5 Å². The third kappa shape index (κ3) is 4.95. The molecule has 0 aromatic carbocycles. The van der Waals surface area contributed by atoms with E-state index in [0.29, 0.717) is 36.3 Å². The lowest BCUT2D eigenvalue weighted by atomic mass is 10.2. The van der Waals surface area contributed by atoms with Gasteiger partial charge in [-0.1, -0.05) is 17.9 Å². The lowest BCUT2D eigenvalue weighted by Crippen LogP contribution is -2.47. The van der Waals surface area contributed by atoms with Gasteiger partial charge in [0.1, 0.15) is 6.61 Å². The highest BCUT2D eigenvalue weighted by Crippen LogP contribution is 2.32. The van der Waals surface area contributed by atoms with Crippen LogP contribution in [-0.2, 0) is 9.47 Å². The van der Waals surface area contributed by atoms with Crippen molar-refractivity contribution in [1.82, 2.24) is 10.2 Å². The average Bonchev–Trinajstić information content (AvgIpc) is 3.21. The minimum absolute atomic E-state index is 0.0392. The van der Waals surface area contributed by atoms with Crippen molar-refractivity contribution < 1.29 is 23.4 Å². The summed E-state index contributed by atoms with van der Waals surface area (Å²) in [5.41, 5.74) is 0.253. The van der Waals surface area contributed by atoms with E-state index < -0.39 is 11.5 Å². The summed E-state index contributed by atoms with van der Waals surface area (Å²) < 4.78 is 21.2. The second kappa shape index (κ2) is 10.3. The summed E-state index contributed by atoms with van der Waals surface area (Å²) in [5.74, 6) is -0.827. The van der Waals surface area contributed by atoms with Crippen molar-refractivity contribution in [3.05, 3.63) is 34.5 Å². The van der Waals surface area contributed by atoms with Crippen LogP contribution in [-0.4, -0.2) is 69.4 Å². The lowest BCUT2D eigenvalue weighted by molar-refractivity contribution is 0.0989. The summed E-state index contributed by atoms with van der Waals surface area (Å²) in [6.07, 6.45) is 0. The summed E-state index contributed by atoms with van der Waals surface area (Å²) in [6, 6.07) is 1.27. The van der Waals surface area contributed by atoms with Crippen LogP contribution in [0.15, 0.2) is 32.7 Å². The van der Waals surface area contributed by atoms with Crippen molar-refractivity contribution in [2.75, 3.05) is 55.8 Å². The molecule has 1 aliphatic rings. The molecule has 0 saturated carbocycles. The molecule has 2 aromatic heterocycles. The molecule has 12 nitrogen and oxygen atoms in total. The molecular formula is C19H24N6O6S. The summed E-state index contributed by atoms with van der Waals surface area (Å²) in [4.78, 5) is 27.2. The molecule has 0 aliphatic carbocycles. The number of methoxy groups -OCH3 is 2. The molecule has 0 saturated heterocycles. The van der Waals surface area contributed by atoms with Gasteiger partial charge in [-0.05, 0) is 6.92 Å². The zero-order valence-electron chi connectivity index (χ0n) is 18.0. The Morgan fingerprint density at radius 1 is 1.41 bits per heavy atom. The molecule has 13 heteroatoms. The maximum Gasteiger partial charge on any atom is 0.381 e. The number of hydrogen-bond acceptors (Lipinski definition) is 12. The summed E-state index contributed by atoms with van der Waals surface area (Å²) >= 11 is 1.06. The van der Waals surface area contributed by atoms with E-state index in [0.717, 1.165) is 11.3 Å². The minimum Gasteiger partial charge on any atom is -0.483 e. The number of allylic oxidation sites excluding steroid dienone is 1. The zero-order chi connectivity index (χ0) is 23.3. The highest BCUT2D eigenvalue weighted by Gasteiger charge is 2.30. The van der Waals surface area contributed by atoms with E-state index in [1.807, 2.05) is 4.90 Å². The summed E-state index contributed by atoms with van der Waals surface area (Å²) in [5, 5.41) is 16.2. The Morgan fingerprint density at radius 3 is 2.75 bits per heavy atom. The normalized spacial score (nSPS) is 12.8. The van der Waals surface area contributed by atoms with Gasteiger partial charge in [0.05, 0.1) is 31.5 Å². The maximum absolute atomic E-state index is 12.8. The first-order valence-corrected chi connectivity index (χ1v) is 10.3. The molecule has 3 heterocycles. The summed E-state index contributed by atoms with van der Waals surface area (Å²) in [7, 11) is 3.16. The SMILES string of the molecule is C=NN(C(=C)C)c1nnc(NC(=O)c2cc3c(c(=O)o2)OCCN3C(COC)COC)s1. The molecule has 0 spiro atoms. The van der Waals surface area contributed by atoms with Crippen molar-refractivity contribution in [1.29, 1.82) is 0 Å².